The number of rotatable bonds is 12. The summed E-state index contributed by atoms with van der Waals surface area (Å²) in [5.41, 5.74) is -0.586. The summed E-state index contributed by atoms with van der Waals surface area (Å²) in [5, 5.41) is 3.33. The van der Waals surface area contributed by atoms with Crippen molar-refractivity contribution < 1.29 is 14.3 Å². The van der Waals surface area contributed by atoms with E-state index in [1.807, 2.05) is 20.8 Å². The van der Waals surface area contributed by atoms with Crippen molar-refractivity contribution in [3.8, 4) is 0 Å². The maximum Gasteiger partial charge on any atom is 0.325 e. The summed E-state index contributed by atoms with van der Waals surface area (Å²) in [7, 11) is 5.31. The molecule has 0 aromatic heterocycles. The van der Waals surface area contributed by atoms with Crippen molar-refractivity contribution in [2.75, 3.05) is 41.0 Å². The second-order valence-electron chi connectivity index (χ2n) is 6.23. The summed E-state index contributed by atoms with van der Waals surface area (Å²) >= 11 is 0. The van der Waals surface area contributed by atoms with E-state index in [-0.39, 0.29) is 12.0 Å². The number of methoxy groups -OCH3 is 2. The lowest BCUT2D eigenvalue weighted by Crippen LogP contribution is -2.52. The molecular formula is C16H34N2O3. The van der Waals surface area contributed by atoms with Crippen LogP contribution in [0.25, 0.3) is 0 Å². The van der Waals surface area contributed by atoms with Crippen molar-refractivity contribution in [2.24, 2.45) is 0 Å². The Labute approximate surface area is 130 Å². The summed E-state index contributed by atoms with van der Waals surface area (Å²) in [6, 6.07) is 0.255. The summed E-state index contributed by atoms with van der Waals surface area (Å²) in [6.07, 6.45) is 3.93. The van der Waals surface area contributed by atoms with Gasteiger partial charge in [0.05, 0.1) is 7.11 Å². The third-order valence-electron chi connectivity index (χ3n) is 3.60. The fraction of sp³-hybridized carbons (Fsp3) is 0.938. The Morgan fingerprint density at radius 2 is 1.81 bits per heavy atom. The first kappa shape index (κ1) is 20.3. The van der Waals surface area contributed by atoms with Gasteiger partial charge in [0, 0.05) is 26.3 Å². The predicted molar refractivity (Wildman–Crippen MR) is 86.5 cm³/mol. The second kappa shape index (κ2) is 11.0. The highest BCUT2D eigenvalue weighted by Crippen LogP contribution is 2.17. The van der Waals surface area contributed by atoms with E-state index in [4.69, 9.17) is 9.47 Å². The molecule has 0 rings (SSSR count). The molecular weight excluding hydrogens is 268 g/mol. The molecule has 1 unspecified atom stereocenters. The lowest BCUT2D eigenvalue weighted by Gasteiger charge is -2.30. The van der Waals surface area contributed by atoms with E-state index in [9.17, 15) is 4.79 Å². The topological polar surface area (TPSA) is 50.8 Å². The number of hydrogen-bond acceptors (Lipinski definition) is 5. The van der Waals surface area contributed by atoms with Gasteiger partial charge in [0.2, 0.25) is 0 Å². The van der Waals surface area contributed by atoms with E-state index in [1.165, 1.54) is 7.11 Å². The first-order valence-electron chi connectivity index (χ1n) is 7.89. The van der Waals surface area contributed by atoms with Gasteiger partial charge in [0.1, 0.15) is 5.54 Å². The van der Waals surface area contributed by atoms with Crippen molar-refractivity contribution in [1.29, 1.82) is 0 Å². The Morgan fingerprint density at radius 3 is 2.33 bits per heavy atom. The Kier molecular flexibility index (Phi) is 10.6. The summed E-state index contributed by atoms with van der Waals surface area (Å²) in [6.45, 7) is 8.93. The van der Waals surface area contributed by atoms with Gasteiger partial charge in [-0.3, -0.25) is 10.1 Å². The van der Waals surface area contributed by atoms with Gasteiger partial charge in [-0.1, -0.05) is 0 Å². The van der Waals surface area contributed by atoms with Crippen molar-refractivity contribution >= 4 is 5.97 Å². The highest BCUT2D eigenvalue weighted by atomic mass is 16.5. The molecule has 0 aromatic rings. The minimum atomic E-state index is -0.586. The Hall–Kier alpha value is -0.650. The van der Waals surface area contributed by atoms with E-state index < -0.39 is 5.54 Å². The average Bonchev–Trinajstić information content (AvgIpc) is 2.42. The molecule has 0 saturated carbocycles. The fourth-order valence-corrected chi connectivity index (χ4v) is 2.55. The third kappa shape index (κ3) is 9.06. The first-order valence-corrected chi connectivity index (χ1v) is 7.89. The van der Waals surface area contributed by atoms with Crippen LogP contribution in [0, 0.1) is 0 Å². The van der Waals surface area contributed by atoms with Crippen LogP contribution in [0.15, 0.2) is 0 Å². The van der Waals surface area contributed by atoms with Crippen LogP contribution in [0.1, 0.15) is 46.5 Å². The van der Waals surface area contributed by atoms with Crippen LogP contribution in [0.4, 0.5) is 0 Å². The van der Waals surface area contributed by atoms with Gasteiger partial charge in [-0.2, -0.15) is 0 Å². The molecule has 0 radical (unpaired) electrons. The highest BCUT2D eigenvalue weighted by Gasteiger charge is 2.33. The van der Waals surface area contributed by atoms with E-state index in [2.05, 4.69) is 17.3 Å². The highest BCUT2D eigenvalue weighted by molar-refractivity contribution is 5.80. The molecule has 1 N–H and O–H groups in total. The average molecular weight is 302 g/mol. The van der Waals surface area contributed by atoms with Crippen molar-refractivity contribution in [2.45, 2.75) is 58.0 Å². The molecule has 5 heteroatoms. The maximum atomic E-state index is 12.0. The van der Waals surface area contributed by atoms with E-state index >= 15 is 0 Å². The molecule has 0 bridgehead atoms. The summed E-state index contributed by atoms with van der Waals surface area (Å²) in [5.74, 6) is -0.176. The zero-order valence-electron chi connectivity index (χ0n) is 14.7. The number of carbonyl (C=O) groups is 1. The normalized spacial score (nSPS) is 14.5. The molecule has 0 spiro atoms. The van der Waals surface area contributed by atoms with Gasteiger partial charge in [-0.25, -0.2) is 0 Å². The number of nitrogens with zero attached hydrogens (tertiary/aromatic N) is 1. The molecule has 0 fully saturated rings. The van der Waals surface area contributed by atoms with Crippen LogP contribution in [0.3, 0.4) is 0 Å². The minimum Gasteiger partial charge on any atom is -0.468 e. The number of unbranched alkanes of at least 4 members (excludes halogenated alkanes) is 1. The molecule has 126 valence electrons. The minimum absolute atomic E-state index is 0.176. The molecule has 0 heterocycles. The van der Waals surface area contributed by atoms with Crippen LogP contribution < -0.4 is 5.32 Å². The van der Waals surface area contributed by atoms with Crippen molar-refractivity contribution in [3.05, 3.63) is 0 Å². The summed E-state index contributed by atoms with van der Waals surface area (Å²) in [4.78, 5) is 14.3. The number of ether oxygens (including phenoxy) is 2. The predicted octanol–water partition coefficient (Wildman–Crippen LogP) is 2.05. The van der Waals surface area contributed by atoms with E-state index in [1.54, 1.807) is 7.11 Å². The molecule has 1 atom stereocenters. The molecule has 0 aromatic carbocycles. The zero-order valence-corrected chi connectivity index (χ0v) is 14.7. The summed E-state index contributed by atoms with van der Waals surface area (Å²) < 4.78 is 9.99. The lowest BCUT2D eigenvalue weighted by molar-refractivity contribution is -0.148. The maximum absolute atomic E-state index is 12.0. The SMILES string of the molecule is COCCCN(C)CCCCC(C)(NC(C)C)C(=O)OC. The van der Waals surface area contributed by atoms with Crippen molar-refractivity contribution in [3.63, 3.8) is 0 Å². The van der Waals surface area contributed by atoms with Gasteiger partial charge in [-0.05, 0) is 60.0 Å². The van der Waals surface area contributed by atoms with Crippen molar-refractivity contribution in [1.82, 2.24) is 10.2 Å². The Balaban J connectivity index is 4.06. The lowest BCUT2D eigenvalue weighted by atomic mass is 9.93. The van der Waals surface area contributed by atoms with Gasteiger partial charge in [-0.15, -0.1) is 0 Å². The second-order valence-corrected chi connectivity index (χ2v) is 6.23. The molecule has 0 aliphatic heterocycles. The number of esters is 1. The van der Waals surface area contributed by atoms with E-state index in [0.29, 0.717) is 0 Å². The Morgan fingerprint density at radius 1 is 1.19 bits per heavy atom. The molecule has 0 amide bonds. The quantitative estimate of drug-likeness (QED) is 0.442. The Bertz CT molecular complexity index is 285. The molecule has 0 aliphatic carbocycles. The number of nitrogens with one attached hydrogen (secondary N) is 1. The fourth-order valence-electron chi connectivity index (χ4n) is 2.55. The first-order chi connectivity index (χ1) is 9.85. The van der Waals surface area contributed by atoms with Gasteiger partial charge in [0.15, 0.2) is 0 Å². The van der Waals surface area contributed by atoms with Gasteiger partial charge >= 0.3 is 5.97 Å². The molecule has 21 heavy (non-hydrogen) atoms. The standard InChI is InChI=1S/C16H34N2O3/c1-14(2)17-16(3,15(19)21-6)10-7-8-11-18(4)12-9-13-20-5/h14,17H,7-13H2,1-6H3. The molecule has 5 nitrogen and oxygen atoms in total. The van der Waals surface area contributed by atoms with Crippen LogP contribution in [-0.2, 0) is 14.3 Å². The third-order valence-corrected chi connectivity index (χ3v) is 3.60. The smallest absolute Gasteiger partial charge is 0.325 e. The zero-order chi connectivity index (χ0) is 16.3. The largest absolute Gasteiger partial charge is 0.468 e. The van der Waals surface area contributed by atoms with Crippen LogP contribution in [-0.4, -0.2) is 63.4 Å². The van der Waals surface area contributed by atoms with E-state index in [0.717, 1.165) is 45.4 Å². The number of hydrogen-bond donors (Lipinski definition) is 1. The van der Waals surface area contributed by atoms with Gasteiger partial charge in [0.25, 0.3) is 0 Å². The van der Waals surface area contributed by atoms with Crippen LogP contribution in [0.2, 0.25) is 0 Å². The van der Waals surface area contributed by atoms with Gasteiger partial charge < -0.3 is 14.4 Å². The number of carbonyl (C=O) groups excluding carboxylic acids is 1. The molecule has 0 saturated heterocycles. The monoisotopic (exact) mass is 302 g/mol. The molecule has 0 aliphatic rings. The van der Waals surface area contributed by atoms with Crippen LogP contribution in [0.5, 0.6) is 0 Å². The van der Waals surface area contributed by atoms with Crippen LogP contribution >= 0.6 is 0 Å².